The van der Waals surface area contributed by atoms with Crippen LogP contribution in [0.5, 0.6) is 0 Å². The second kappa shape index (κ2) is 9.78. The van der Waals surface area contributed by atoms with Gasteiger partial charge in [0.2, 0.25) is 11.9 Å². The van der Waals surface area contributed by atoms with Crippen molar-refractivity contribution in [2.45, 2.75) is 46.5 Å². The first-order valence-corrected chi connectivity index (χ1v) is 10.5. The van der Waals surface area contributed by atoms with E-state index in [1.54, 1.807) is 0 Å². The van der Waals surface area contributed by atoms with Crippen LogP contribution in [0.1, 0.15) is 49.7 Å². The molecule has 156 valence electrons. The van der Waals surface area contributed by atoms with E-state index in [9.17, 15) is 4.79 Å². The number of nitrogens with zero attached hydrogens (tertiary/aromatic N) is 5. The molecule has 2 aromatic heterocycles. The zero-order chi connectivity index (χ0) is 20.8. The van der Waals surface area contributed by atoms with Gasteiger partial charge in [-0.15, -0.1) is 0 Å². The Bertz CT molecular complexity index is 790. The van der Waals surface area contributed by atoms with Gasteiger partial charge in [0.15, 0.2) is 0 Å². The number of rotatable bonds is 7. The van der Waals surface area contributed by atoms with Gasteiger partial charge in [0, 0.05) is 36.1 Å². The number of likely N-dealkylation sites (tertiary alicyclic amines) is 1. The van der Waals surface area contributed by atoms with E-state index in [-0.39, 0.29) is 5.91 Å². The van der Waals surface area contributed by atoms with Gasteiger partial charge < -0.3 is 10.2 Å². The average molecular weight is 397 g/mol. The van der Waals surface area contributed by atoms with Crippen LogP contribution in [0, 0.1) is 13.8 Å². The Morgan fingerprint density at radius 3 is 2.34 bits per heavy atom. The fourth-order valence-corrected chi connectivity index (χ4v) is 3.89. The number of aromatic nitrogens is 3. The van der Waals surface area contributed by atoms with Crippen LogP contribution in [0.15, 0.2) is 24.4 Å². The number of pyridine rings is 1. The number of carbonyl (C=O) groups excluding carboxylic acids is 1. The molecule has 1 saturated heterocycles. The Morgan fingerprint density at radius 1 is 1.14 bits per heavy atom. The topological polar surface area (TPSA) is 74.2 Å². The van der Waals surface area contributed by atoms with Crippen LogP contribution in [0.25, 0.3) is 0 Å². The molecule has 0 atom stereocenters. The van der Waals surface area contributed by atoms with Crippen molar-refractivity contribution in [1.29, 1.82) is 0 Å². The largest absolute Gasteiger partial charge is 0.342 e. The number of hydrogen-bond acceptors (Lipinski definition) is 6. The van der Waals surface area contributed by atoms with Crippen LogP contribution in [0.4, 0.5) is 11.6 Å². The number of amides is 1. The fourth-order valence-electron chi connectivity index (χ4n) is 3.89. The van der Waals surface area contributed by atoms with E-state index in [4.69, 9.17) is 0 Å². The van der Waals surface area contributed by atoms with Crippen LogP contribution in [-0.4, -0.2) is 63.4 Å². The lowest BCUT2D eigenvalue weighted by Crippen LogP contribution is -2.43. The van der Waals surface area contributed by atoms with E-state index in [1.165, 1.54) is 0 Å². The minimum absolute atomic E-state index is 0.232. The highest BCUT2D eigenvalue weighted by molar-refractivity contribution is 5.78. The summed E-state index contributed by atoms with van der Waals surface area (Å²) >= 11 is 0. The Morgan fingerprint density at radius 2 is 1.79 bits per heavy atom. The van der Waals surface area contributed by atoms with Crippen molar-refractivity contribution in [1.82, 2.24) is 24.8 Å². The van der Waals surface area contributed by atoms with Gasteiger partial charge in [-0.05, 0) is 71.8 Å². The summed E-state index contributed by atoms with van der Waals surface area (Å²) in [6, 6.07) is 6.08. The summed E-state index contributed by atoms with van der Waals surface area (Å²) in [5.74, 6) is 1.28. The predicted molar refractivity (Wildman–Crippen MR) is 115 cm³/mol. The summed E-state index contributed by atoms with van der Waals surface area (Å²) in [6.45, 7) is 12.0. The predicted octanol–water partition coefficient (Wildman–Crippen LogP) is 3.28. The molecule has 1 aliphatic heterocycles. The summed E-state index contributed by atoms with van der Waals surface area (Å²) in [5, 5.41) is 3.23. The first kappa shape index (κ1) is 21.2. The van der Waals surface area contributed by atoms with Gasteiger partial charge in [-0.2, -0.15) is 0 Å². The van der Waals surface area contributed by atoms with Crippen molar-refractivity contribution >= 4 is 17.5 Å². The minimum Gasteiger partial charge on any atom is -0.342 e. The van der Waals surface area contributed by atoms with Gasteiger partial charge in [0.25, 0.3) is 0 Å². The van der Waals surface area contributed by atoms with Gasteiger partial charge in [-0.1, -0.05) is 0 Å². The third kappa shape index (κ3) is 5.73. The minimum atomic E-state index is 0.232. The second-order valence-corrected chi connectivity index (χ2v) is 7.69. The van der Waals surface area contributed by atoms with E-state index in [1.807, 2.05) is 50.9 Å². The highest BCUT2D eigenvalue weighted by atomic mass is 16.2. The van der Waals surface area contributed by atoms with Crippen molar-refractivity contribution < 1.29 is 4.79 Å². The van der Waals surface area contributed by atoms with E-state index in [0.717, 1.165) is 61.8 Å². The van der Waals surface area contributed by atoms with Crippen molar-refractivity contribution in [3.63, 3.8) is 0 Å². The lowest BCUT2D eigenvalue weighted by Gasteiger charge is -2.32. The highest BCUT2D eigenvalue weighted by Gasteiger charge is 2.24. The van der Waals surface area contributed by atoms with Gasteiger partial charge in [-0.3, -0.25) is 14.7 Å². The van der Waals surface area contributed by atoms with Crippen LogP contribution >= 0.6 is 0 Å². The average Bonchev–Trinajstić information content (AvgIpc) is 2.69. The van der Waals surface area contributed by atoms with Crippen molar-refractivity contribution in [3.8, 4) is 0 Å². The Labute approximate surface area is 173 Å². The van der Waals surface area contributed by atoms with Crippen molar-refractivity contribution in [2.75, 3.05) is 38.0 Å². The zero-order valence-electron chi connectivity index (χ0n) is 18.0. The van der Waals surface area contributed by atoms with E-state index >= 15 is 0 Å². The Hall–Kier alpha value is -2.54. The van der Waals surface area contributed by atoms with Gasteiger partial charge in [0.1, 0.15) is 0 Å². The summed E-state index contributed by atoms with van der Waals surface area (Å²) in [7, 11) is 0. The summed E-state index contributed by atoms with van der Waals surface area (Å²) < 4.78 is 0. The molecule has 0 aliphatic carbocycles. The molecule has 2 aromatic rings. The summed E-state index contributed by atoms with van der Waals surface area (Å²) in [5.41, 5.74) is 3.89. The first-order valence-electron chi connectivity index (χ1n) is 10.5. The molecular weight excluding hydrogens is 364 g/mol. The molecule has 7 nitrogen and oxygen atoms in total. The van der Waals surface area contributed by atoms with Crippen molar-refractivity contribution in [3.05, 3.63) is 41.5 Å². The Kier molecular flexibility index (Phi) is 7.14. The monoisotopic (exact) mass is 396 g/mol. The molecule has 0 bridgehead atoms. The normalized spacial score (nSPS) is 15.3. The lowest BCUT2D eigenvalue weighted by atomic mass is 9.93. The summed E-state index contributed by atoms with van der Waals surface area (Å²) in [4.78, 5) is 30.0. The van der Waals surface area contributed by atoms with Crippen LogP contribution < -0.4 is 5.32 Å². The third-order valence-electron chi connectivity index (χ3n) is 5.51. The molecule has 0 aromatic carbocycles. The Balaban J connectivity index is 1.53. The molecule has 1 aliphatic rings. The fraction of sp³-hybridized carbons (Fsp3) is 0.545. The highest BCUT2D eigenvalue weighted by Crippen LogP contribution is 2.27. The molecule has 0 saturated carbocycles. The SMILES string of the molecule is CCN(CC)C(=O)CN1CCC(c2ccc(Nc3nc(C)cc(C)n3)cn2)CC1. The maximum atomic E-state index is 12.3. The molecule has 1 N–H and O–H groups in total. The molecule has 0 unspecified atom stereocenters. The number of anilines is 2. The van der Waals surface area contributed by atoms with Gasteiger partial charge in [-0.25, -0.2) is 9.97 Å². The van der Waals surface area contributed by atoms with E-state index in [0.29, 0.717) is 18.4 Å². The maximum absolute atomic E-state index is 12.3. The number of nitrogens with one attached hydrogen (secondary N) is 1. The molecule has 0 radical (unpaired) electrons. The van der Waals surface area contributed by atoms with Gasteiger partial charge >= 0.3 is 0 Å². The molecule has 0 spiro atoms. The number of carbonyl (C=O) groups is 1. The molecule has 29 heavy (non-hydrogen) atoms. The van der Waals surface area contributed by atoms with Gasteiger partial charge in [0.05, 0.1) is 18.4 Å². The van der Waals surface area contributed by atoms with Crippen LogP contribution in [0.2, 0.25) is 0 Å². The van der Waals surface area contributed by atoms with E-state index in [2.05, 4.69) is 31.2 Å². The number of hydrogen-bond donors (Lipinski definition) is 1. The zero-order valence-corrected chi connectivity index (χ0v) is 18.0. The number of likely N-dealkylation sites (N-methyl/N-ethyl adjacent to an activating group) is 1. The molecular formula is C22H32N6O. The molecule has 3 heterocycles. The second-order valence-electron chi connectivity index (χ2n) is 7.69. The molecule has 1 fully saturated rings. The summed E-state index contributed by atoms with van der Waals surface area (Å²) in [6.07, 6.45) is 3.92. The quantitative estimate of drug-likeness (QED) is 0.774. The molecule has 1 amide bonds. The smallest absolute Gasteiger partial charge is 0.236 e. The maximum Gasteiger partial charge on any atom is 0.236 e. The molecule has 3 rings (SSSR count). The third-order valence-corrected chi connectivity index (χ3v) is 5.51. The first-order chi connectivity index (χ1) is 14.0. The van der Waals surface area contributed by atoms with Crippen molar-refractivity contribution in [2.24, 2.45) is 0 Å². The number of aryl methyl sites for hydroxylation is 2. The van der Waals surface area contributed by atoms with E-state index < -0.39 is 0 Å². The standard InChI is InChI=1S/C22H32N6O/c1-5-28(6-2)21(29)15-27-11-9-18(10-12-27)20-8-7-19(14-23-20)26-22-24-16(3)13-17(4)25-22/h7-8,13-14,18H,5-6,9-12,15H2,1-4H3,(H,24,25,26). The van der Waals surface area contributed by atoms with Crippen LogP contribution in [-0.2, 0) is 4.79 Å². The molecule has 7 heteroatoms. The number of piperidine rings is 1. The van der Waals surface area contributed by atoms with Crippen LogP contribution in [0.3, 0.4) is 0 Å². The lowest BCUT2D eigenvalue weighted by molar-refractivity contribution is -0.132.